The van der Waals surface area contributed by atoms with E-state index in [-0.39, 0.29) is 22.4 Å². The highest BCUT2D eigenvalue weighted by atomic mass is 32.1. The number of nitrogens with two attached hydrogens (primary N) is 2. The fourth-order valence-electron chi connectivity index (χ4n) is 3.26. The van der Waals surface area contributed by atoms with E-state index in [1.165, 1.54) is 29.2 Å². The van der Waals surface area contributed by atoms with E-state index in [2.05, 4.69) is 4.98 Å². The van der Waals surface area contributed by atoms with Crippen LogP contribution < -0.4 is 21.1 Å². The Bertz CT molecular complexity index is 1260. The number of ether oxygens (including phenoxy) is 2. The number of aromatic nitrogens is 1. The van der Waals surface area contributed by atoms with Crippen LogP contribution in [-0.4, -0.2) is 40.9 Å². The summed E-state index contributed by atoms with van der Waals surface area (Å²) in [6.45, 7) is 6.68. The standard InChI is InChI=1S/C25H27FN4O5S/c1-5-34-23(33)25(3,4)35-18-12-6-15(7-13-18)19(31)20-21(27)29-24(36-20)30(14(2)22(28)32)17-10-8-16(26)9-11-17/h6-14H,5,27H2,1-4H3,(H2,28,32). The summed E-state index contributed by atoms with van der Waals surface area (Å²) in [4.78, 5) is 43.2. The van der Waals surface area contributed by atoms with E-state index in [1.807, 2.05) is 0 Å². The number of halogens is 1. The molecule has 0 saturated heterocycles. The lowest BCUT2D eigenvalue weighted by atomic mass is 10.1. The van der Waals surface area contributed by atoms with Crippen molar-refractivity contribution >= 4 is 45.6 Å². The van der Waals surface area contributed by atoms with Gasteiger partial charge in [0, 0.05) is 11.3 Å². The van der Waals surface area contributed by atoms with Crippen molar-refractivity contribution in [2.45, 2.75) is 39.3 Å². The Labute approximate surface area is 211 Å². The second kappa shape index (κ2) is 10.7. The molecule has 0 radical (unpaired) electrons. The molecular weight excluding hydrogens is 487 g/mol. The van der Waals surface area contributed by atoms with Gasteiger partial charge in [-0.1, -0.05) is 11.3 Å². The molecule has 11 heteroatoms. The van der Waals surface area contributed by atoms with Crippen LogP contribution in [0.3, 0.4) is 0 Å². The first-order chi connectivity index (χ1) is 16.9. The normalized spacial score (nSPS) is 12.0. The molecule has 9 nitrogen and oxygen atoms in total. The number of carbonyl (C=O) groups excluding carboxylic acids is 3. The minimum absolute atomic E-state index is 0.0208. The van der Waals surface area contributed by atoms with Gasteiger partial charge in [0.1, 0.15) is 28.3 Å². The number of rotatable bonds is 10. The van der Waals surface area contributed by atoms with Crippen LogP contribution in [0.1, 0.15) is 42.9 Å². The smallest absolute Gasteiger partial charge is 0.349 e. The Morgan fingerprint density at radius 2 is 1.72 bits per heavy atom. The third-order valence-electron chi connectivity index (χ3n) is 5.21. The summed E-state index contributed by atoms with van der Waals surface area (Å²) in [6.07, 6.45) is 0. The van der Waals surface area contributed by atoms with Gasteiger partial charge in [-0.25, -0.2) is 14.2 Å². The molecule has 3 aromatic rings. The highest BCUT2D eigenvalue weighted by Crippen LogP contribution is 2.36. The number of carbonyl (C=O) groups is 3. The van der Waals surface area contributed by atoms with Crippen molar-refractivity contribution in [2.24, 2.45) is 5.73 Å². The molecule has 1 heterocycles. The first kappa shape index (κ1) is 26.6. The molecule has 3 rings (SSSR count). The second-order valence-corrected chi connectivity index (χ2v) is 9.30. The van der Waals surface area contributed by atoms with Crippen molar-refractivity contribution in [3.8, 4) is 5.75 Å². The number of hydrogen-bond donors (Lipinski definition) is 2. The fraction of sp³-hybridized carbons (Fsp3) is 0.280. The molecule has 4 N–H and O–H groups in total. The van der Waals surface area contributed by atoms with E-state index in [1.54, 1.807) is 52.0 Å². The Morgan fingerprint density at radius 1 is 1.11 bits per heavy atom. The van der Waals surface area contributed by atoms with Gasteiger partial charge >= 0.3 is 5.97 Å². The van der Waals surface area contributed by atoms with E-state index >= 15 is 0 Å². The number of esters is 1. The monoisotopic (exact) mass is 514 g/mol. The average Bonchev–Trinajstić information content (AvgIpc) is 3.21. The van der Waals surface area contributed by atoms with Gasteiger partial charge in [-0.2, -0.15) is 0 Å². The van der Waals surface area contributed by atoms with Crippen LogP contribution >= 0.6 is 11.3 Å². The van der Waals surface area contributed by atoms with Crippen LogP contribution in [0.5, 0.6) is 5.75 Å². The van der Waals surface area contributed by atoms with Crippen LogP contribution in [0.4, 0.5) is 21.0 Å². The minimum Gasteiger partial charge on any atom is -0.476 e. The van der Waals surface area contributed by atoms with Crippen molar-refractivity contribution in [3.63, 3.8) is 0 Å². The van der Waals surface area contributed by atoms with Crippen molar-refractivity contribution in [1.82, 2.24) is 4.98 Å². The molecule has 0 fully saturated rings. The van der Waals surface area contributed by atoms with E-state index < -0.39 is 35.1 Å². The molecule has 36 heavy (non-hydrogen) atoms. The fourth-order valence-corrected chi connectivity index (χ4v) is 4.31. The van der Waals surface area contributed by atoms with E-state index in [4.69, 9.17) is 20.9 Å². The molecule has 2 aromatic carbocycles. The SMILES string of the molecule is CCOC(=O)C(C)(C)Oc1ccc(C(=O)c2sc(N(c3ccc(F)cc3)C(C)C(N)=O)nc2N)cc1. The summed E-state index contributed by atoms with van der Waals surface area (Å²) in [7, 11) is 0. The Hall–Kier alpha value is -3.99. The zero-order valence-electron chi connectivity index (χ0n) is 20.3. The zero-order valence-corrected chi connectivity index (χ0v) is 21.1. The van der Waals surface area contributed by atoms with Crippen LogP contribution in [0.25, 0.3) is 0 Å². The van der Waals surface area contributed by atoms with Gasteiger partial charge in [0.2, 0.25) is 11.7 Å². The molecule has 0 bridgehead atoms. The third-order valence-corrected chi connectivity index (χ3v) is 6.28. The number of thiazole rings is 1. The maximum atomic E-state index is 13.4. The predicted octanol–water partition coefficient (Wildman–Crippen LogP) is 3.83. The largest absolute Gasteiger partial charge is 0.476 e. The van der Waals surface area contributed by atoms with Crippen LogP contribution in [0.15, 0.2) is 48.5 Å². The predicted molar refractivity (Wildman–Crippen MR) is 135 cm³/mol. The minimum atomic E-state index is -1.21. The number of nitrogens with zero attached hydrogens (tertiary/aromatic N) is 2. The quantitative estimate of drug-likeness (QED) is 0.308. The molecule has 0 aliphatic rings. The number of primary amides is 1. The number of ketones is 1. The number of anilines is 3. The van der Waals surface area contributed by atoms with E-state index in [0.29, 0.717) is 17.0 Å². The van der Waals surface area contributed by atoms with Gasteiger partial charge in [-0.05, 0) is 76.2 Å². The van der Waals surface area contributed by atoms with Crippen molar-refractivity contribution < 1.29 is 28.2 Å². The topological polar surface area (TPSA) is 138 Å². The highest BCUT2D eigenvalue weighted by Gasteiger charge is 2.32. The molecule has 190 valence electrons. The summed E-state index contributed by atoms with van der Waals surface area (Å²) < 4.78 is 24.2. The van der Waals surface area contributed by atoms with Gasteiger partial charge in [0.05, 0.1) is 6.61 Å². The van der Waals surface area contributed by atoms with Crippen molar-refractivity contribution in [1.29, 1.82) is 0 Å². The molecule has 0 saturated carbocycles. The Morgan fingerprint density at radius 3 is 2.28 bits per heavy atom. The first-order valence-corrected chi connectivity index (χ1v) is 11.9. The molecule has 1 unspecified atom stereocenters. The van der Waals surface area contributed by atoms with Gasteiger partial charge in [0.15, 0.2) is 10.7 Å². The van der Waals surface area contributed by atoms with E-state index in [9.17, 15) is 18.8 Å². The highest BCUT2D eigenvalue weighted by molar-refractivity contribution is 7.18. The number of amides is 1. The average molecular weight is 515 g/mol. The lowest BCUT2D eigenvalue weighted by Crippen LogP contribution is -2.39. The van der Waals surface area contributed by atoms with Gasteiger partial charge in [-0.15, -0.1) is 0 Å². The summed E-state index contributed by atoms with van der Waals surface area (Å²) in [5.74, 6) is -1.63. The van der Waals surface area contributed by atoms with E-state index in [0.717, 1.165) is 11.3 Å². The summed E-state index contributed by atoms with van der Waals surface area (Å²) >= 11 is 0.985. The molecule has 1 aromatic heterocycles. The molecule has 0 aliphatic carbocycles. The molecule has 0 aliphatic heterocycles. The van der Waals surface area contributed by atoms with Gasteiger partial charge < -0.3 is 25.8 Å². The number of hydrogen-bond acceptors (Lipinski definition) is 9. The lowest BCUT2D eigenvalue weighted by Gasteiger charge is -2.26. The van der Waals surface area contributed by atoms with Crippen molar-refractivity contribution in [3.05, 3.63) is 64.8 Å². The Balaban J connectivity index is 1.87. The van der Waals surface area contributed by atoms with Gasteiger partial charge in [0.25, 0.3) is 0 Å². The van der Waals surface area contributed by atoms with Crippen LogP contribution in [0, 0.1) is 5.82 Å². The number of benzene rings is 2. The first-order valence-electron chi connectivity index (χ1n) is 11.1. The van der Waals surface area contributed by atoms with Crippen LogP contribution in [0.2, 0.25) is 0 Å². The Kier molecular flexibility index (Phi) is 7.93. The molecular formula is C25H27FN4O5S. The lowest BCUT2D eigenvalue weighted by molar-refractivity contribution is -0.158. The third kappa shape index (κ3) is 5.80. The zero-order chi connectivity index (χ0) is 26.6. The maximum absolute atomic E-state index is 13.4. The van der Waals surface area contributed by atoms with Crippen molar-refractivity contribution in [2.75, 3.05) is 17.2 Å². The maximum Gasteiger partial charge on any atom is 0.349 e. The second-order valence-electron chi connectivity index (χ2n) is 8.32. The summed E-state index contributed by atoms with van der Waals surface area (Å²) in [6, 6.07) is 10.8. The molecule has 0 spiro atoms. The number of nitrogen functional groups attached to an aromatic ring is 1. The van der Waals surface area contributed by atoms with Crippen LogP contribution in [-0.2, 0) is 14.3 Å². The summed E-state index contributed by atoms with van der Waals surface area (Å²) in [5, 5.41) is 0.255. The summed E-state index contributed by atoms with van der Waals surface area (Å²) in [5.41, 5.74) is 11.1. The molecule has 1 atom stereocenters. The van der Waals surface area contributed by atoms with Gasteiger partial charge in [-0.3, -0.25) is 9.59 Å². The molecule has 1 amide bonds.